The summed E-state index contributed by atoms with van der Waals surface area (Å²) in [5.41, 5.74) is 0.182. The second-order valence-electron chi connectivity index (χ2n) is 2.84. The highest BCUT2D eigenvalue weighted by Crippen LogP contribution is 2.16. The molecule has 74 valence electrons. The Morgan fingerprint density at radius 2 is 2.14 bits per heavy atom. The zero-order chi connectivity index (χ0) is 10.4. The van der Waals surface area contributed by atoms with Gasteiger partial charge in [0, 0.05) is 13.0 Å². The Kier molecular flexibility index (Phi) is 3.93. The topological polar surface area (TPSA) is 12.0 Å². The third-order valence-corrected chi connectivity index (χ3v) is 1.76. The van der Waals surface area contributed by atoms with Crippen molar-refractivity contribution in [1.29, 1.82) is 0 Å². The summed E-state index contributed by atoms with van der Waals surface area (Å²) in [6.45, 7) is 0.546. The van der Waals surface area contributed by atoms with Crippen molar-refractivity contribution < 1.29 is 8.78 Å². The van der Waals surface area contributed by atoms with Crippen LogP contribution in [0.1, 0.15) is 12.8 Å². The van der Waals surface area contributed by atoms with Crippen molar-refractivity contribution in [3.8, 4) is 12.3 Å². The van der Waals surface area contributed by atoms with E-state index in [4.69, 9.17) is 6.42 Å². The average molecular weight is 195 g/mol. The molecule has 0 unspecified atom stereocenters. The first-order chi connectivity index (χ1) is 6.75. The molecule has 0 saturated carbocycles. The van der Waals surface area contributed by atoms with Crippen molar-refractivity contribution in [2.45, 2.75) is 12.8 Å². The van der Waals surface area contributed by atoms with Crippen LogP contribution in [0, 0.1) is 24.0 Å². The summed E-state index contributed by atoms with van der Waals surface area (Å²) in [6.07, 6.45) is 6.42. The van der Waals surface area contributed by atoms with Gasteiger partial charge in [-0.15, -0.1) is 12.3 Å². The largest absolute Gasteiger partial charge is 0.383 e. The first-order valence-corrected chi connectivity index (χ1v) is 4.37. The highest BCUT2D eigenvalue weighted by atomic mass is 19.2. The Hall–Kier alpha value is -1.56. The van der Waals surface area contributed by atoms with Gasteiger partial charge in [0.1, 0.15) is 0 Å². The van der Waals surface area contributed by atoms with Crippen molar-refractivity contribution in [3.63, 3.8) is 0 Å². The standard InChI is InChI=1S/C11H11F2N/c1-2-3-4-8-14-10-7-5-6-9(12)11(10)13/h1,5-7,14H,3-4,8H2. The third-order valence-electron chi connectivity index (χ3n) is 1.76. The molecular formula is C11H11F2N. The lowest BCUT2D eigenvalue weighted by Crippen LogP contribution is -2.03. The number of unbranched alkanes of at least 4 members (excludes halogenated alkanes) is 1. The molecule has 0 amide bonds. The molecule has 0 aliphatic heterocycles. The number of terminal acetylenes is 1. The molecule has 0 heterocycles. The molecule has 1 N–H and O–H groups in total. The second-order valence-corrected chi connectivity index (χ2v) is 2.84. The van der Waals surface area contributed by atoms with Gasteiger partial charge >= 0.3 is 0 Å². The number of nitrogens with one attached hydrogen (secondary N) is 1. The molecule has 1 rings (SSSR count). The van der Waals surface area contributed by atoms with E-state index in [1.807, 2.05) is 0 Å². The number of benzene rings is 1. The molecule has 3 heteroatoms. The van der Waals surface area contributed by atoms with Crippen molar-refractivity contribution in [2.24, 2.45) is 0 Å². The van der Waals surface area contributed by atoms with E-state index in [0.29, 0.717) is 13.0 Å². The zero-order valence-corrected chi connectivity index (χ0v) is 7.69. The van der Waals surface area contributed by atoms with Crippen LogP contribution in [0.15, 0.2) is 18.2 Å². The number of hydrogen-bond acceptors (Lipinski definition) is 1. The first-order valence-electron chi connectivity index (χ1n) is 4.37. The molecule has 0 saturated heterocycles. The van der Waals surface area contributed by atoms with Crippen LogP contribution < -0.4 is 5.32 Å². The normalized spacial score (nSPS) is 9.50. The highest BCUT2D eigenvalue weighted by Gasteiger charge is 2.05. The van der Waals surface area contributed by atoms with E-state index in [2.05, 4.69) is 11.2 Å². The fourth-order valence-electron chi connectivity index (χ4n) is 1.05. The van der Waals surface area contributed by atoms with Gasteiger partial charge in [0.15, 0.2) is 11.6 Å². The van der Waals surface area contributed by atoms with E-state index in [0.717, 1.165) is 12.5 Å². The van der Waals surface area contributed by atoms with Gasteiger partial charge in [-0.3, -0.25) is 0 Å². The lowest BCUT2D eigenvalue weighted by atomic mass is 10.2. The minimum Gasteiger partial charge on any atom is -0.383 e. The fraction of sp³-hybridized carbons (Fsp3) is 0.273. The van der Waals surface area contributed by atoms with E-state index in [-0.39, 0.29) is 5.69 Å². The molecule has 1 nitrogen and oxygen atoms in total. The summed E-state index contributed by atoms with van der Waals surface area (Å²) in [7, 11) is 0. The van der Waals surface area contributed by atoms with Crippen LogP contribution in [0.25, 0.3) is 0 Å². The lowest BCUT2D eigenvalue weighted by molar-refractivity contribution is 0.511. The third kappa shape index (κ3) is 2.74. The summed E-state index contributed by atoms with van der Waals surface area (Å²) in [5.74, 6) is 0.792. The molecule has 0 radical (unpaired) electrons. The quantitative estimate of drug-likeness (QED) is 0.575. The molecule has 0 atom stereocenters. The summed E-state index contributed by atoms with van der Waals surface area (Å²) in [5, 5.41) is 2.78. The van der Waals surface area contributed by atoms with Gasteiger partial charge in [0.2, 0.25) is 0 Å². The van der Waals surface area contributed by atoms with Crippen LogP contribution >= 0.6 is 0 Å². The minimum absolute atomic E-state index is 0.182. The van der Waals surface area contributed by atoms with Gasteiger partial charge in [0.25, 0.3) is 0 Å². The monoisotopic (exact) mass is 195 g/mol. The van der Waals surface area contributed by atoms with E-state index in [1.54, 1.807) is 0 Å². The van der Waals surface area contributed by atoms with Crippen LogP contribution in [0.3, 0.4) is 0 Å². The molecule has 0 aromatic heterocycles. The zero-order valence-electron chi connectivity index (χ0n) is 7.69. The van der Waals surface area contributed by atoms with Gasteiger partial charge in [-0.05, 0) is 18.6 Å². The minimum atomic E-state index is -0.841. The Balaban J connectivity index is 2.51. The van der Waals surface area contributed by atoms with Crippen molar-refractivity contribution in [3.05, 3.63) is 29.8 Å². The summed E-state index contributed by atoms with van der Waals surface area (Å²) in [6, 6.07) is 4.04. The SMILES string of the molecule is C#CCCCNc1cccc(F)c1F. The van der Waals surface area contributed by atoms with E-state index >= 15 is 0 Å². The van der Waals surface area contributed by atoms with Crippen LogP contribution in [0.5, 0.6) is 0 Å². The molecule has 0 spiro atoms. The lowest BCUT2D eigenvalue weighted by Gasteiger charge is -2.06. The molecule has 1 aromatic rings. The van der Waals surface area contributed by atoms with Gasteiger partial charge in [-0.25, -0.2) is 8.78 Å². The van der Waals surface area contributed by atoms with Crippen LogP contribution in [0.4, 0.5) is 14.5 Å². The maximum atomic E-state index is 13.0. The number of rotatable bonds is 4. The Bertz CT molecular complexity index is 342. The molecule has 0 aliphatic carbocycles. The van der Waals surface area contributed by atoms with Crippen molar-refractivity contribution in [1.82, 2.24) is 0 Å². The molecule has 0 fully saturated rings. The fourth-order valence-corrected chi connectivity index (χ4v) is 1.05. The average Bonchev–Trinajstić information content (AvgIpc) is 2.19. The summed E-state index contributed by atoms with van der Waals surface area (Å²) >= 11 is 0. The highest BCUT2D eigenvalue weighted by molar-refractivity contribution is 5.44. The van der Waals surface area contributed by atoms with Crippen LogP contribution in [0.2, 0.25) is 0 Å². The van der Waals surface area contributed by atoms with Crippen LogP contribution in [-0.2, 0) is 0 Å². The number of hydrogen-bond donors (Lipinski definition) is 1. The van der Waals surface area contributed by atoms with Gasteiger partial charge < -0.3 is 5.32 Å². The van der Waals surface area contributed by atoms with E-state index < -0.39 is 11.6 Å². The van der Waals surface area contributed by atoms with Gasteiger partial charge in [-0.1, -0.05) is 6.07 Å². The first kappa shape index (κ1) is 10.5. The Morgan fingerprint density at radius 1 is 1.36 bits per heavy atom. The Morgan fingerprint density at radius 3 is 2.86 bits per heavy atom. The maximum absolute atomic E-state index is 13.0. The maximum Gasteiger partial charge on any atom is 0.181 e. The molecular weight excluding hydrogens is 184 g/mol. The Labute approximate surface area is 82.1 Å². The summed E-state index contributed by atoms with van der Waals surface area (Å²) in [4.78, 5) is 0. The molecule has 1 aromatic carbocycles. The van der Waals surface area contributed by atoms with E-state index in [9.17, 15) is 8.78 Å². The number of anilines is 1. The number of halogens is 2. The van der Waals surface area contributed by atoms with Crippen LogP contribution in [-0.4, -0.2) is 6.54 Å². The molecule has 14 heavy (non-hydrogen) atoms. The summed E-state index contributed by atoms with van der Waals surface area (Å²) < 4.78 is 25.7. The molecule has 0 aliphatic rings. The molecule has 0 bridgehead atoms. The smallest absolute Gasteiger partial charge is 0.181 e. The van der Waals surface area contributed by atoms with E-state index in [1.165, 1.54) is 12.1 Å². The van der Waals surface area contributed by atoms with Gasteiger partial charge in [0.05, 0.1) is 5.69 Å². The van der Waals surface area contributed by atoms with Gasteiger partial charge in [-0.2, -0.15) is 0 Å². The van der Waals surface area contributed by atoms with Crippen molar-refractivity contribution >= 4 is 5.69 Å². The second kappa shape index (κ2) is 5.23. The predicted octanol–water partition coefficient (Wildman–Crippen LogP) is 2.79. The predicted molar refractivity (Wildman–Crippen MR) is 52.9 cm³/mol. The van der Waals surface area contributed by atoms with Crippen molar-refractivity contribution in [2.75, 3.05) is 11.9 Å².